The van der Waals surface area contributed by atoms with E-state index in [1.807, 2.05) is 36.4 Å². The number of unbranched alkanes of at least 4 members (excludes halogenated alkanes) is 2. The lowest BCUT2D eigenvalue weighted by molar-refractivity contribution is 0.402. The summed E-state index contributed by atoms with van der Waals surface area (Å²) in [5, 5.41) is 0. The molecule has 0 saturated carbocycles. The normalized spacial score (nSPS) is 11.3. The van der Waals surface area contributed by atoms with Crippen molar-refractivity contribution in [2.45, 2.75) is 52.4 Å². The van der Waals surface area contributed by atoms with E-state index in [-0.39, 0.29) is 0 Å². The van der Waals surface area contributed by atoms with E-state index >= 15 is 0 Å². The van der Waals surface area contributed by atoms with Crippen LogP contribution in [0.25, 0.3) is 0 Å². The fourth-order valence-corrected chi connectivity index (χ4v) is 3.90. The molecule has 0 aliphatic rings. The summed E-state index contributed by atoms with van der Waals surface area (Å²) < 4.78 is 23.9. The lowest BCUT2D eigenvalue weighted by atomic mass is 10.1. The second kappa shape index (κ2) is 9.89. The van der Waals surface area contributed by atoms with Gasteiger partial charge in [0, 0.05) is 11.2 Å². The summed E-state index contributed by atoms with van der Waals surface area (Å²) >= 11 is 6.13. The quantitative estimate of drug-likeness (QED) is 0.409. The number of hydrogen-bond acceptors (Lipinski definition) is 3. The van der Waals surface area contributed by atoms with Crippen LogP contribution in [0.1, 0.15) is 50.7 Å². The second-order valence-corrected chi connectivity index (χ2v) is 8.50. The maximum Gasteiger partial charge on any atom is 0.530 e. The Morgan fingerprint density at radius 1 is 0.800 bits per heavy atom. The van der Waals surface area contributed by atoms with Crippen molar-refractivity contribution in [2.75, 3.05) is 0 Å². The molecule has 3 nitrogen and oxygen atoms in total. The first-order valence-electron chi connectivity index (χ1n) is 8.90. The minimum Gasteiger partial charge on any atom is -0.404 e. The van der Waals surface area contributed by atoms with Crippen molar-refractivity contribution in [1.82, 2.24) is 0 Å². The first-order chi connectivity index (χ1) is 12.1. The third kappa shape index (κ3) is 6.41. The molecule has 0 bridgehead atoms. The molecule has 0 unspecified atom stereocenters. The molecule has 0 N–H and O–H groups in total. The van der Waals surface area contributed by atoms with E-state index in [1.165, 1.54) is 0 Å². The number of para-hydroxylation sites is 2. The lowest BCUT2D eigenvalue weighted by Gasteiger charge is -2.18. The van der Waals surface area contributed by atoms with Gasteiger partial charge in [0.1, 0.15) is 11.5 Å². The maximum atomic E-state index is 12.7. The molecule has 0 aliphatic heterocycles. The largest absolute Gasteiger partial charge is 0.530 e. The Balaban J connectivity index is 2.14. The number of benzene rings is 2. The van der Waals surface area contributed by atoms with Crippen LogP contribution in [0.4, 0.5) is 0 Å². The molecule has 2 rings (SSSR count). The van der Waals surface area contributed by atoms with Gasteiger partial charge in [0.05, 0.1) is 0 Å². The molecule has 0 atom stereocenters. The van der Waals surface area contributed by atoms with Gasteiger partial charge < -0.3 is 9.05 Å². The molecule has 0 heterocycles. The molecule has 25 heavy (non-hydrogen) atoms. The van der Waals surface area contributed by atoms with Gasteiger partial charge in [0.15, 0.2) is 0 Å². The summed E-state index contributed by atoms with van der Waals surface area (Å²) in [4.78, 5) is 0. The Bertz CT molecular complexity index is 660. The van der Waals surface area contributed by atoms with Crippen LogP contribution < -0.4 is 9.05 Å². The summed E-state index contributed by atoms with van der Waals surface area (Å²) in [5.74, 6) is 1.06. The van der Waals surface area contributed by atoms with Gasteiger partial charge in [-0.05, 0) is 48.9 Å². The average Bonchev–Trinajstić information content (AvgIpc) is 2.59. The van der Waals surface area contributed by atoms with Crippen molar-refractivity contribution in [3.05, 3.63) is 59.7 Å². The standard InChI is InChI=1S/C20H26ClO3P/c1-3-5-11-17-13-7-9-15-19(17)23-25(21,22)24-20-16-10-8-14-18(20)12-6-4-2/h7-10,13-16H,3-6,11-12H2,1-2H3. The van der Waals surface area contributed by atoms with Crippen LogP contribution in [0.3, 0.4) is 0 Å². The number of hydrogen-bond donors (Lipinski definition) is 0. The van der Waals surface area contributed by atoms with Crippen molar-refractivity contribution in [3.8, 4) is 11.5 Å². The zero-order valence-corrected chi connectivity index (χ0v) is 16.6. The van der Waals surface area contributed by atoms with Crippen LogP contribution in [0.2, 0.25) is 0 Å². The van der Waals surface area contributed by atoms with E-state index in [9.17, 15) is 4.57 Å². The molecular formula is C20H26ClO3P. The Morgan fingerprint density at radius 3 is 1.60 bits per heavy atom. The molecule has 0 fully saturated rings. The summed E-state index contributed by atoms with van der Waals surface area (Å²) in [7, 11) is 0. The number of rotatable bonds is 10. The van der Waals surface area contributed by atoms with Crippen molar-refractivity contribution in [1.29, 1.82) is 0 Å². The Labute approximate surface area is 155 Å². The van der Waals surface area contributed by atoms with Crippen molar-refractivity contribution in [2.24, 2.45) is 0 Å². The summed E-state index contributed by atoms with van der Waals surface area (Å²) in [5.41, 5.74) is 1.99. The van der Waals surface area contributed by atoms with E-state index in [0.29, 0.717) is 11.5 Å². The van der Waals surface area contributed by atoms with Crippen LogP contribution >= 0.6 is 18.2 Å². The first-order valence-corrected chi connectivity index (χ1v) is 11.3. The lowest BCUT2D eigenvalue weighted by Crippen LogP contribution is -2.00. The van der Waals surface area contributed by atoms with E-state index in [4.69, 9.17) is 20.3 Å². The van der Waals surface area contributed by atoms with Gasteiger partial charge in [-0.2, -0.15) is 0 Å². The van der Waals surface area contributed by atoms with Crippen LogP contribution in [-0.2, 0) is 17.4 Å². The molecule has 0 amide bonds. The molecular weight excluding hydrogens is 355 g/mol. The fourth-order valence-electron chi connectivity index (χ4n) is 2.59. The van der Waals surface area contributed by atoms with Gasteiger partial charge in [0.25, 0.3) is 0 Å². The van der Waals surface area contributed by atoms with Gasteiger partial charge in [0.2, 0.25) is 0 Å². The highest BCUT2D eigenvalue weighted by Gasteiger charge is 2.27. The van der Waals surface area contributed by atoms with Gasteiger partial charge in [-0.3, -0.25) is 0 Å². The minimum absolute atomic E-state index is 0.528. The Hall–Kier alpha value is -1.44. The minimum atomic E-state index is -3.78. The molecule has 2 aromatic carbocycles. The van der Waals surface area contributed by atoms with Crippen LogP contribution in [-0.4, -0.2) is 0 Å². The molecule has 0 saturated heterocycles. The Kier molecular flexibility index (Phi) is 7.87. The summed E-state index contributed by atoms with van der Waals surface area (Å²) in [6, 6.07) is 15.1. The fraction of sp³-hybridized carbons (Fsp3) is 0.400. The Morgan fingerprint density at radius 2 is 1.20 bits per heavy atom. The number of aryl methyl sites for hydroxylation is 2. The highest BCUT2D eigenvalue weighted by molar-refractivity contribution is 7.82. The van der Waals surface area contributed by atoms with Gasteiger partial charge in [-0.15, -0.1) is 0 Å². The predicted octanol–water partition coefficient (Wildman–Crippen LogP) is 7.18. The summed E-state index contributed by atoms with van der Waals surface area (Å²) in [6.45, 7) is 0.480. The van der Waals surface area contributed by atoms with E-state index in [0.717, 1.165) is 49.7 Å². The molecule has 0 radical (unpaired) electrons. The highest BCUT2D eigenvalue weighted by Crippen LogP contribution is 2.54. The molecule has 0 spiro atoms. The van der Waals surface area contributed by atoms with Crippen LogP contribution in [0, 0.1) is 0 Å². The maximum absolute atomic E-state index is 12.7. The van der Waals surface area contributed by atoms with E-state index < -0.39 is 6.95 Å². The van der Waals surface area contributed by atoms with E-state index in [2.05, 4.69) is 13.8 Å². The SMILES string of the molecule is CCCCc1ccccc1OP(=O)(Cl)Oc1ccccc1CCCC. The van der Waals surface area contributed by atoms with Crippen molar-refractivity contribution >= 4 is 18.2 Å². The molecule has 0 aliphatic carbocycles. The van der Waals surface area contributed by atoms with Gasteiger partial charge >= 0.3 is 6.95 Å². The predicted molar refractivity (Wildman–Crippen MR) is 105 cm³/mol. The topological polar surface area (TPSA) is 35.5 Å². The zero-order chi connectivity index (χ0) is 18.1. The average molecular weight is 381 g/mol. The molecule has 0 aromatic heterocycles. The van der Waals surface area contributed by atoms with Crippen molar-refractivity contribution < 1.29 is 13.6 Å². The third-order valence-electron chi connectivity index (χ3n) is 3.96. The van der Waals surface area contributed by atoms with Crippen molar-refractivity contribution in [3.63, 3.8) is 0 Å². The number of halogens is 1. The molecule has 136 valence electrons. The van der Waals surface area contributed by atoms with E-state index in [1.54, 1.807) is 12.1 Å². The highest BCUT2D eigenvalue weighted by atomic mass is 35.7. The summed E-state index contributed by atoms with van der Waals surface area (Å²) in [6.07, 6.45) is 5.94. The molecule has 2 aromatic rings. The van der Waals surface area contributed by atoms with Gasteiger partial charge in [-0.25, -0.2) is 4.57 Å². The first kappa shape index (κ1) is 19.9. The smallest absolute Gasteiger partial charge is 0.404 e. The van der Waals surface area contributed by atoms with Crippen LogP contribution in [0.5, 0.6) is 11.5 Å². The zero-order valence-electron chi connectivity index (χ0n) is 14.9. The third-order valence-corrected chi connectivity index (χ3v) is 5.20. The van der Waals surface area contributed by atoms with Crippen LogP contribution in [0.15, 0.2) is 48.5 Å². The second-order valence-electron chi connectivity index (χ2n) is 6.04. The monoisotopic (exact) mass is 380 g/mol. The van der Waals surface area contributed by atoms with Gasteiger partial charge in [-0.1, -0.05) is 63.1 Å². The molecule has 5 heteroatoms.